The van der Waals surface area contributed by atoms with E-state index in [9.17, 15) is 0 Å². The quantitative estimate of drug-likeness (QED) is 0.800. The molecule has 1 fully saturated rings. The predicted octanol–water partition coefficient (Wildman–Crippen LogP) is 2.40. The van der Waals surface area contributed by atoms with Crippen LogP contribution >= 0.6 is 15.9 Å². The molecule has 1 aromatic rings. The first-order chi connectivity index (χ1) is 8.22. The smallest absolute Gasteiger partial charge is 0.218 e. The van der Waals surface area contributed by atoms with E-state index in [4.69, 9.17) is 4.74 Å². The Morgan fingerprint density at radius 2 is 2.35 bits per heavy atom. The molecule has 0 aromatic carbocycles. The Morgan fingerprint density at radius 3 is 3.06 bits per heavy atom. The molecular weight excluding hydrogens is 282 g/mol. The summed E-state index contributed by atoms with van der Waals surface area (Å²) in [6, 6.07) is 1.92. The molecule has 0 N–H and O–H groups in total. The molecule has 1 saturated heterocycles. The monoisotopic (exact) mass is 299 g/mol. The van der Waals surface area contributed by atoms with Crippen molar-refractivity contribution in [2.24, 2.45) is 5.92 Å². The summed E-state index contributed by atoms with van der Waals surface area (Å²) in [5.74, 6) is 3.18. The Morgan fingerprint density at radius 1 is 1.53 bits per heavy atom. The Hall–Kier alpha value is -0.840. The van der Waals surface area contributed by atoms with E-state index >= 15 is 0 Å². The summed E-state index contributed by atoms with van der Waals surface area (Å²) in [6.45, 7) is 4.07. The van der Waals surface area contributed by atoms with Crippen LogP contribution in [0.15, 0.2) is 6.07 Å². The zero-order valence-electron chi connectivity index (χ0n) is 10.3. The van der Waals surface area contributed by atoms with Crippen LogP contribution in [0.3, 0.4) is 0 Å². The highest BCUT2D eigenvalue weighted by Crippen LogP contribution is 2.26. The number of aromatic nitrogens is 2. The van der Waals surface area contributed by atoms with Crippen molar-refractivity contribution >= 4 is 21.7 Å². The van der Waals surface area contributed by atoms with Crippen molar-refractivity contribution in [1.82, 2.24) is 9.97 Å². The Labute approximate surface area is 111 Å². The average Bonchev–Trinajstić information content (AvgIpc) is 2.77. The molecule has 0 aliphatic carbocycles. The van der Waals surface area contributed by atoms with Gasteiger partial charge in [0.1, 0.15) is 11.6 Å². The van der Waals surface area contributed by atoms with Gasteiger partial charge in [-0.15, -0.1) is 0 Å². The molecule has 1 aliphatic rings. The second-order valence-electron chi connectivity index (χ2n) is 4.39. The van der Waals surface area contributed by atoms with Crippen LogP contribution in [0.25, 0.3) is 0 Å². The van der Waals surface area contributed by atoms with Crippen molar-refractivity contribution in [3.05, 3.63) is 11.9 Å². The third-order valence-corrected chi connectivity index (χ3v) is 3.60. The third-order valence-electron chi connectivity index (χ3n) is 3.14. The zero-order chi connectivity index (χ0) is 12.3. The minimum atomic E-state index is 0.649. The molecular formula is C12H18BrN3O. The van der Waals surface area contributed by atoms with Crippen molar-refractivity contribution in [3.63, 3.8) is 0 Å². The highest BCUT2D eigenvalue weighted by Gasteiger charge is 2.23. The molecule has 0 spiro atoms. The molecule has 94 valence electrons. The highest BCUT2D eigenvalue weighted by atomic mass is 79.9. The van der Waals surface area contributed by atoms with Gasteiger partial charge >= 0.3 is 0 Å². The lowest BCUT2D eigenvalue weighted by Gasteiger charge is -2.18. The van der Waals surface area contributed by atoms with E-state index in [0.717, 1.165) is 36.0 Å². The highest BCUT2D eigenvalue weighted by molar-refractivity contribution is 9.09. The molecule has 5 heteroatoms. The minimum Gasteiger partial charge on any atom is -0.481 e. The lowest BCUT2D eigenvalue weighted by molar-refractivity contribution is 0.395. The van der Waals surface area contributed by atoms with Gasteiger partial charge in [0.2, 0.25) is 5.88 Å². The van der Waals surface area contributed by atoms with Crippen LogP contribution in [0.5, 0.6) is 5.88 Å². The SMILES string of the molecule is COc1cc(N2CCC(CCBr)C2)nc(C)n1. The summed E-state index contributed by atoms with van der Waals surface area (Å²) in [4.78, 5) is 11.0. The molecule has 4 nitrogen and oxygen atoms in total. The number of anilines is 1. The van der Waals surface area contributed by atoms with Crippen LogP contribution in [0.2, 0.25) is 0 Å². The van der Waals surface area contributed by atoms with Crippen molar-refractivity contribution in [3.8, 4) is 5.88 Å². The molecule has 1 aromatic heterocycles. The number of hydrogen-bond donors (Lipinski definition) is 0. The topological polar surface area (TPSA) is 38.2 Å². The van der Waals surface area contributed by atoms with Crippen LogP contribution < -0.4 is 9.64 Å². The normalized spacial score (nSPS) is 19.7. The number of methoxy groups -OCH3 is 1. The van der Waals surface area contributed by atoms with E-state index in [-0.39, 0.29) is 0 Å². The molecule has 2 rings (SSSR count). The fraction of sp³-hybridized carbons (Fsp3) is 0.667. The van der Waals surface area contributed by atoms with E-state index in [0.29, 0.717) is 5.88 Å². The lowest BCUT2D eigenvalue weighted by atomic mass is 10.1. The molecule has 17 heavy (non-hydrogen) atoms. The number of halogens is 1. The summed E-state index contributed by atoms with van der Waals surface area (Å²) >= 11 is 3.51. The van der Waals surface area contributed by atoms with Gasteiger partial charge < -0.3 is 9.64 Å². The van der Waals surface area contributed by atoms with Gasteiger partial charge in [0, 0.05) is 24.5 Å². The Balaban J connectivity index is 2.10. The standard InChI is InChI=1S/C12H18BrN3O/c1-9-14-11(7-12(15-9)17-2)16-6-4-10(8-16)3-5-13/h7,10H,3-6,8H2,1-2H3. The van der Waals surface area contributed by atoms with Gasteiger partial charge in [0.15, 0.2) is 0 Å². The van der Waals surface area contributed by atoms with Gasteiger partial charge in [-0.05, 0) is 25.7 Å². The van der Waals surface area contributed by atoms with Gasteiger partial charge in [-0.1, -0.05) is 15.9 Å². The number of nitrogens with zero attached hydrogens (tertiary/aromatic N) is 3. The van der Waals surface area contributed by atoms with E-state index in [1.54, 1.807) is 7.11 Å². The predicted molar refractivity (Wildman–Crippen MR) is 72.1 cm³/mol. The van der Waals surface area contributed by atoms with E-state index < -0.39 is 0 Å². The van der Waals surface area contributed by atoms with Crippen molar-refractivity contribution < 1.29 is 4.74 Å². The first-order valence-electron chi connectivity index (χ1n) is 5.93. The summed E-state index contributed by atoms with van der Waals surface area (Å²) < 4.78 is 5.18. The molecule has 0 saturated carbocycles. The van der Waals surface area contributed by atoms with Crippen molar-refractivity contribution in [2.75, 3.05) is 30.4 Å². The molecule has 0 amide bonds. The number of ether oxygens (including phenoxy) is 1. The first-order valence-corrected chi connectivity index (χ1v) is 7.05. The Kier molecular flexibility index (Phi) is 4.20. The third kappa shape index (κ3) is 3.09. The number of rotatable bonds is 4. The summed E-state index contributed by atoms with van der Waals surface area (Å²) in [6.07, 6.45) is 2.48. The van der Waals surface area contributed by atoms with Gasteiger partial charge in [-0.25, -0.2) is 4.98 Å². The summed E-state index contributed by atoms with van der Waals surface area (Å²) in [5.41, 5.74) is 0. The second-order valence-corrected chi connectivity index (χ2v) is 5.19. The van der Waals surface area contributed by atoms with Crippen LogP contribution in [-0.4, -0.2) is 35.5 Å². The Bertz CT molecular complexity index is 386. The van der Waals surface area contributed by atoms with E-state index in [1.807, 2.05) is 13.0 Å². The first kappa shape index (κ1) is 12.6. The van der Waals surface area contributed by atoms with Gasteiger partial charge in [-0.2, -0.15) is 4.98 Å². The molecule has 0 bridgehead atoms. The number of alkyl halides is 1. The van der Waals surface area contributed by atoms with Gasteiger partial charge in [0.25, 0.3) is 0 Å². The molecule has 0 radical (unpaired) electrons. The van der Waals surface area contributed by atoms with Gasteiger partial charge in [-0.3, -0.25) is 0 Å². The van der Waals surface area contributed by atoms with Crippen LogP contribution in [0.4, 0.5) is 5.82 Å². The largest absolute Gasteiger partial charge is 0.481 e. The minimum absolute atomic E-state index is 0.649. The molecule has 2 heterocycles. The van der Waals surface area contributed by atoms with E-state index in [2.05, 4.69) is 30.8 Å². The summed E-state index contributed by atoms with van der Waals surface area (Å²) in [5, 5.41) is 1.08. The number of aryl methyl sites for hydroxylation is 1. The fourth-order valence-electron chi connectivity index (χ4n) is 2.22. The van der Waals surface area contributed by atoms with Crippen LogP contribution in [-0.2, 0) is 0 Å². The second kappa shape index (κ2) is 5.67. The maximum atomic E-state index is 5.18. The van der Waals surface area contributed by atoms with Crippen molar-refractivity contribution in [2.45, 2.75) is 19.8 Å². The van der Waals surface area contributed by atoms with E-state index in [1.165, 1.54) is 12.8 Å². The van der Waals surface area contributed by atoms with Crippen LogP contribution in [0.1, 0.15) is 18.7 Å². The summed E-state index contributed by atoms with van der Waals surface area (Å²) in [7, 11) is 1.64. The fourth-order valence-corrected chi connectivity index (χ4v) is 2.87. The van der Waals surface area contributed by atoms with Gasteiger partial charge in [0.05, 0.1) is 7.11 Å². The lowest BCUT2D eigenvalue weighted by Crippen LogP contribution is -2.21. The molecule has 1 unspecified atom stereocenters. The zero-order valence-corrected chi connectivity index (χ0v) is 11.9. The van der Waals surface area contributed by atoms with Crippen molar-refractivity contribution in [1.29, 1.82) is 0 Å². The molecule has 1 atom stereocenters. The number of hydrogen-bond acceptors (Lipinski definition) is 4. The molecule has 1 aliphatic heterocycles. The van der Waals surface area contributed by atoms with Crippen LogP contribution in [0, 0.1) is 12.8 Å². The maximum absolute atomic E-state index is 5.18. The average molecular weight is 300 g/mol. The maximum Gasteiger partial charge on any atom is 0.218 e.